The summed E-state index contributed by atoms with van der Waals surface area (Å²) in [5.41, 5.74) is 2.07. The first-order valence-electron chi connectivity index (χ1n) is 7.23. The number of aromatic hydroxyl groups is 1. The van der Waals surface area contributed by atoms with Gasteiger partial charge in [-0.05, 0) is 40.3 Å². The lowest BCUT2D eigenvalue weighted by Gasteiger charge is -2.35. The van der Waals surface area contributed by atoms with Gasteiger partial charge in [-0.1, -0.05) is 0 Å². The Bertz CT molecular complexity index is 465. The Balaban J connectivity index is 2.02. The van der Waals surface area contributed by atoms with Gasteiger partial charge in [-0.15, -0.1) is 0 Å². The molecule has 0 bridgehead atoms. The van der Waals surface area contributed by atoms with Crippen LogP contribution >= 0.6 is 0 Å². The third kappa shape index (κ3) is 3.29. The van der Waals surface area contributed by atoms with Gasteiger partial charge >= 0.3 is 0 Å². The fraction of sp³-hybridized carbons (Fsp3) is 0.667. The third-order valence-electron chi connectivity index (χ3n) is 4.38. The average molecular weight is 279 g/mol. The molecule has 0 aromatic carbocycles. The zero-order valence-electron chi connectivity index (χ0n) is 12.6. The molecule has 0 spiro atoms. The van der Waals surface area contributed by atoms with Gasteiger partial charge in [0.15, 0.2) is 0 Å². The van der Waals surface area contributed by atoms with Crippen molar-refractivity contribution in [3.63, 3.8) is 0 Å². The van der Waals surface area contributed by atoms with Crippen molar-refractivity contribution >= 4 is 0 Å². The summed E-state index contributed by atoms with van der Waals surface area (Å²) < 4.78 is 0. The molecule has 112 valence electrons. The first-order chi connectivity index (χ1) is 9.52. The molecule has 2 unspecified atom stereocenters. The number of aromatic nitrogens is 1. The van der Waals surface area contributed by atoms with Crippen molar-refractivity contribution in [2.24, 2.45) is 0 Å². The topological polar surface area (TPSA) is 68.6 Å². The predicted molar refractivity (Wildman–Crippen MR) is 78.5 cm³/mol. The lowest BCUT2D eigenvalue weighted by Crippen LogP contribution is -2.45. The molecule has 0 radical (unpaired) electrons. The van der Waals surface area contributed by atoms with Gasteiger partial charge in [0.25, 0.3) is 0 Å². The number of aliphatic hydroxyl groups excluding tert-OH is 1. The van der Waals surface area contributed by atoms with Crippen LogP contribution in [0, 0.1) is 6.92 Å². The van der Waals surface area contributed by atoms with Gasteiger partial charge < -0.3 is 20.4 Å². The van der Waals surface area contributed by atoms with E-state index in [0.29, 0.717) is 29.9 Å². The van der Waals surface area contributed by atoms with E-state index in [4.69, 9.17) is 0 Å². The Labute approximate surface area is 120 Å². The summed E-state index contributed by atoms with van der Waals surface area (Å²) in [6, 6.07) is 1.03. The maximum Gasteiger partial charge on any atom is 0.141 e. The lowest BCUT2D eigenvalue weighted by molar-refractivity contribution is 0.167. The van der Waals surface area contributed by atoms with Crippen LogP contribution in [0.2, 0.25) is 0 Å². The fourth-order valence-corrected chi connectivity index (χ4v) is 2.74. The monoisotopic (exact) mass is 279 g/mol. The Kier molecular flexibility index (Phi) is 4.96. The summed E-state index contributed by atoms with van der Waals surface area (Å²) in [5, 5.41) is 23.0. The highest BCUT2D eigenvalue weighted by atomic mass is 16.3. The molecule has 5 nitrogen and oxygen atoms in total. The number of rotatable bonds is 4. The van der Waals surface area contributed by atoms with Gasteiger partial charge in [-0.2, -0.15) is 0 Å². The van der Waals surface area contributed by atoms with Crippen LogP contribution in [0.5, 0.6) is 5.75 Å². The molecule has 1 saturated heterocycles. The minimum atomic E-state index is -0.0956. The normalized spacial score (nSPS) is 24.0. The predicted octanol–water partition coefficient (Wildman–Crippen LogP) is 1.16. The molecular weight excluding hydrogens is 254 g/mol. The number of aliphatic hydroxyl groups is 1. The zero-order chi connectivity index (χ0) is 14.7. The number of aryl methyl sites for hydroxylation is 1. The van der Waals surface area contributed by atoms with E-state index in [-0.39, 0.29) is 12.4 Å². The maximum absolute atomic E-state index is 10.1. The minimum Gasteiger partial charge on any atom is -0.506 e. The zero-order valence-corrected chi connectivity index (χ0v) is 12.6. The van der Waals surface area contributed by atoms with Gasteiger partial charge in [0.2, 0.25) is 0 Å². The molecule has 1 aliphatic heterocycles. The minimum absolute atomic E-state index is 0.0956. The van der Waals surface area contributed by atoms with E-state index in [1.54, 1.807) is 13.1 Å². The maximum atomic E-state index is 10.1. The molecule has 5 heteroatoms. The van der Waals surface area contributed by atoms with Crippen LogP contribution in [0.4, 0.5) is 0 Å². The number of likely N-dealkylation sites (tertiary alicyclic amines) is 1. The fourth-order valence-electron chi connectivity index (χ4n) is 2.74. The van der Waals surface area contributed by atoms with E-state index in [1.165, 1.54) is 0 Å². The number of pyridine rings is 1. The molecule has 0 amide bonds. The van der Waals surface area contributed by atoms with Crippen molar-refractivity contribution in [3.8, 4) is 5.75 Å². The van der Waals surface area contributed by atoms with Crippen LogP contribution in [0.1, 0.15) is 36.6 Å². The van der Waals surface area contributed by atoms with Crippen molar-refractivity contribution in [3.05, 3.63) is 23.0 Å². The van der Waals surface area contributed by atoms with Crippen molar-refractivity contribution in [1.29, 1.82) is 0 Å². The Morgan fingerprint density at radius 3 is 2.90 bits per heavy atom. The number of piperidine rings is 1. The van der Waals surface area contributed by atoms with Crippen molar-refractivity contribution in [2.75, 3.05) is 13.6 Å². The quantitative estimate of drug-likeness (QED) is 0.771. The molecule has 1 aromatic heterocycles. The molecule has 1 fully saturated rings. The van der Waals surface area contributed by atoms with Crippen LogP contribution in [0.15, 0.2) is 6.20 Å². The average Bonchev–Trinajstić information content (AvgIpc) is 2.44. The summed E-state index contributed by atoms with van der Waals surface area (Å²) in [7, 11) is 2.16. The SMILES string of the molecule is Cc1ncc(CO)c(CNC2CCN(C)C(C)C2)c1O. The van der Waals surface area contributed by atoms with E-state index in [0.717, 1.165) is 24.9 Å². The second-order valence-electron chi connectivity index (χ2n) is 5.79. The van der Waals surface area contributed by atoms with Gasteiger partial charge in [0.05, 0.1) is 12.3 Å². The Hall–Kier alpha value is -1.17. The summed E-state index contributed by atoms with van der Waals surface area (Å²) >= 11 is 0. The molecule has 3 N–H and O–H groups in total. The van der Waals surface area contributed by atoms with E-state index in [1.807, 2.05) is 0 Å². The number of nitrogens with one attached hydrogen (secondary N) is 1. The van der Waals surface area contributed by atoms with Crippen LogP contribution in [-0.2, 0) is 13.2 Å². The summed E-state index contributed by atoms with van der Waals surface area (Å²) in [6.45, 7) is 5.58. The van der Waals surface area contributed by atoms with Crippen LogP contribution in [0.3, 0.4) is 0 Å². The smallest absolute Gasteiger partial charge is 0.141 e. The molecule has 0 saturated carbocycles. The summed E-state index contributed by atoms with van der Waals surface area (Å²) in [4.78, 5) is 6.45. The summed E-state index contributed by atoms with van der Waals surface area (Å²) in [6.07, 6.45) is 3.86. The van der Waals surface area contributed by atoms with E-state index in [9.17, 15) is 10.2 Å². The largest absolute Gasteiger partial charge is 0.506 e. The van der Waals surface area contributed by atoms with E-state index >= 15 is 0 Å². The first kappa shape index (κ1) is 15.2. The standard InChI is InChI=1S/C15H25N3O2/c1-10-6-13(4-5-18(10)3)17-8-14-12(9-19)7-16-11(2)15(14)20/h7,10,13,17,19-20H,4-6,8-9H2,1-3H3. The first-order valence-corrected chi connectivity index (χ1v) is 7.23. The summed E-state index contributed by atoms with van der Waals surface area (Å²) in [5.74, 6) is 0.199. The van der Waals surface area contributed by atoms with E-state index in [2.05, 4.69) is 29.2 Å². The highest BCUT2D eigenvalue weighted by Crippen LogP contribution is 2.24. The number of nitrogens with zero attached hydrogens (tertiary/aromatic N) is 2. The van der Waals surface area contributed by atoms with Gasteiger partial charge in [-0.3, -0.25) is 4.98 Å². The van der Waals surface area contributed by atoms with Crippen LogP contribution < -0.4 is 5.32 Å². The van der Waals surface area contributed by atoms with Crippen LogP contribution in [-0.4, -0.2) is 45.8 Å². The lowest BCUT2D eigenvalue weighted by atomic mass is 9.98. The van der Waals surface area contributed by atoms with E-state index < -0.39 is 0 Å². The van der Waals surface area contributed by atoms with Crippen molar-refractivity contribution in [1.82, 2.24) is 15.2 Å². The second-order valence-corrected chi connectivity index (χ2v) is 5.79. The molecule has 20 heavy (non-hydrogen) atoms. The van der Waals surface area contributed by atoms with Gasteiger partial charge in [-0.25, -0.2) is 0 Å². The van der Waals surface area contributed by atoms with Crippen molar-refractivity contribution in [2.45, 2.75) is 51.9 Å². The van der Waals surface area contributed by atoms with Crippen molar-refractivity contribution < 1.29 is 10.2 Å². The number of hydrogen-bond acceptors (Lipinski definition) is 5. The second kappa shape index (κ2) is 6.52. The third-order valence-corrected chi connectivity index (χ3v) is 4.38. The van der Waals surface area contributed by atoms with Crippen LogP contribution in [0.25, 0.3) is 0 Å². The molecule has 2 heterocycles. The molecule has 1 aromatic rings. The Morgan fingerprint density at radius 2 is 2.25 bits per heavy atom. The van der Waals surface area contributed by atoms with Gasteiger partial charge in [0.1, 0.15) is 5.75 Å². The molecule has 0 aliphatic carbocycles. The molecule has 2 atom stereocenters. The Morgan fingerprint density at radius 1 is 1.50 bits per heavy atom. The molecular formula is C15H25N3O2. The number of hydrogen-bond donors (Lipinski definition) is 3. The van der Waals surface area contributed by atoms with Gasteiger partial charge in [0, 0.05) is 36.0 Å². The molecule has 1 aliphatic rings. The highest BCUT2D eigenvalue weighted by molar-refractivity contribution is 5.40. The molecule has 2 rings (SSSR count). The highest BCUT2D eigenvalue weighted by Gasteiger charge is 2.23.